The average molecular weight is 252 g/mol. The Kier molecular flexibility index (Phi) is 2.81. The Hall–Kier alpha value is -2.18. The van der Waals surface area contributed by atoms with Gasteiger partial charge in [0.25, 0.3) is 0 Å². The highest BCUT2D eigenvalue weighted by molar-refractivity contribution is 5.47. The predicted octanol–water partition coefficient (Wildman–Crippen LogP) is 2.84. The van der Waals surface area contributed by atoms with E-state index in [0.717, 1.165) is 35.1 Å². The molecule has 1 aliphatic carbocycles. The van der Waals surface area contributed by atoms with E-state index in [0.29, 0.717) is 5.56 Å². The minimum Gasteiger partial charge on any atom is -0.320 e. The number of nitriles is 1. The third-order valence-corrected chi connectivity index (χ3v) is 3.71. The lowest BCUT2D eigenvalue weighted by Gasteiger charge is -2.15. The van der Waals surface area contributed by atoms with Crippen molar-refractivity contribution in [2.45, 2.75) is 18.9 Å². The molecule has 0 saturated heterocycles. The summed E-state index contributed by atoms with van der Waals surface area (Å²) in [5.41, 5.74) is 10.9. The standard InChI is InChI=1S/C16H13FN2/c17-13-5-4-11-2-3-12-7-10(9-18)1-6-14(12)16(19)15(11)8-13/h1,4-8,16H,2-3,19H2/t16-/m0/s1. The Balaban J connectivity index is 2.15. The van der Waals surface area contributed by atoms with Gasteiger partial charge >= 0.3 is 0 Å². The second kappa shape index (κ2) is 4.49. The van der Waals surface area contributed by atoms with Crippen LogP contribution in [0.1, 0.15) is 33.9 Å². The molecule has 0 aromatic heterocycles. The van der Waals surface area contributed by atoms with Crippen LogP contribution in [-0.2, 0) is 12.8 Å². The number of nitrogens with two attached hydrogens (primary N) is 1. The van der Waals surface area contributed by atoms with E-state index in [1.54, 1.807) is 6.07 Å². The molecule has 0 fully saturated rings. The Bertz CT molecular complexity index is 686. The fourth-order valence-corrected chi connectivity index (χ4v) is 2.72. The van der Waals surface area contributed by atoms with Crippen LogP contribution >= 0.6 is 0 Å². The van der Waals surface area contributed by atoms with E-state index < -0.39 is 0 Å². The first kappa shape index (κ1) is 11.9. The van der Waals surface area contributed by atoms with Gasteiger partial charge in [-0.1, -0.05) is 12.1 Å². The molecule has 2 N–H and O–H groups in total. The molecule has 2 aromatic rings. The van der Waals surface area contributed by atoms with Gasteiger partial charge in [0.05, 0.1) is 17.7 Å². The van der Waals surface area contributed by atoms with Gasteiger partial charge in [0.1, 0.15) is 5.82 Å². The summed E-state index contributed by atoms with van der Waals surface area (Å²) in [5.74, 6) is -0.258. The van der Waals surface area contributed by atoms with Gasteiger partial charge in [0.2, 0.25) is 0 Å². The van der Waals surface area contributed by atoms with Crippen LogP contribution in [0.3, 0.4) is 0 Å². The van der Waals surface area contributed by atoms with Gasteiger partial charge in [-0.05, 0) is 59.4 Å². The Morgan fingerprint density at radius 1 is 1.05 bits per heavy atom. The van der Waals surface area contributed by atoms with E-state index in [1.165, 1.54) is 12.1 Å². The number of rotatable bonds is 0. The molecule has 0 heterocycles. The Morgan fingerprint density at radius 3 is 2.63 bits per heavy atom. The zero-order chi connectivity index (χ0) is 13.4. The van der Waals surface area contributed by atoms with Gasteiger partial charge < -0.3 is 5.73 Å². The molecule has 1 atom stereocenters. The third kappa shape index (κ3) is 2.00. The first-order valence-electron chi connectivity index (χ1n) is 6.26. The first-order chi connectivity index (χ1) is 9.19. The maximum atomic E-state index is 13.4. The summed E-state index contributed by atoms with van der Waals surface area (Å²) in [6.07, 6.45) is 1.66. The van der Waals surface area contributed by atoms with Crippen LogP contribution in [0.4, 0.5) is 4.39 Å². The van der Waals surface area contributed by atoms with E-state index in [-0.39, 0.29) is 11.9 Å². The quantitative estimate of drug-likeness (QED) is 0.783. The number of benzene rings is 2. The van der Waals surface area contributed by atoms with Crippen LogP contribution in [0.5, 0.6) is 0 Å². The highest BCUT2D eigenvalue weighted by Crippen LogP contribution is 2.31. The summed E-state index contributed by atoms with van der Waals surface area (Å²) in [5, 5.41) is 8.95. The SMILES string of the molecule is N#Cc1ccc2c(c1)CCc1ccc(F)cc1[C@H]2N. The van der Waals surface area contributed by atoms with Crippen molar-refractivity contribution >= 4 is 0 Å². The summed E-state index contributed by atoms with van der Waals surface area (Å²) in [4.78, 5) is 0. The van der Waals surface area contributed by atoms with Crippen molar-refractivity contribution in [3.05, 3.63) is 70.0 Å². The summed E-state index contributed by atoms with van der Waals surface area (Å²) >= 11 is 0. The smallest absolute Gasteiger partial charge is 0.123 e. The van der Waals surface area contributed by atoms with Gasteiger partial charge in [0, 0.05) is 0 Å². The molecule has 0 unspecified atom stereocenters. The van der Waals surface area contributed by atoms with Crippen molar-refractivity contribution in [2.75, 3.05) is 0 Å². The maximum Gasteiger partial charge on any atom is 0.123 e. The van der Waals surface area contributed by atoms with Gasteiger partial charge in [-0.25, -0.2) is 4.39 Å². The monoisotopic (exact) mass is 252 g/mol. The molecule has 0 bridgehead atoms. The highest BCUT2D eigenvalue weighted by atomic mass is 19.1. The zero-order valence-corrected chi connectivity index (χ0v) is 10.4. The minimum absolute atomic E-state index is 0.258. The number of hydrogen-bond donors (Lipinski definition) is 1. The number of halogens is 1. The Morgan fingerprint density at radius 2 is 1.84 bits per heavy atom. The van der Waals surface area contributed by atoms with Crippen molar-refractivity contribution < 1.29 is 4.39 Å². The molecule has 94 valence electrons. The van der Waals surface area contributed by atoms with Crippen molar-refractivity contribution in [1.82, 2.24) is 0 Å². The van der Waals surface area contributed by atoms with Crippen LogP contribution in [-0.4, -0.2) is 0 Å². The zero-order valence-electron chi connectivity index (χ0n) is 10.4. The van der Waals surface area contributed by atoms with E-state index in [4.69, 9.17) is 11.0 Å². The summed E-state index contributed by atoms with van der Waals surface area (Å²) < 4.78 is 13.4. The molecule has 1 aliphatic rings. The molecule has 3 rings (SSSR count). The van der Waals surface area contributed by atoms with Crippen molar-refractivity contribution in [1.29, 1.82) is 5.26 Å². The van der Waals surface area contributed by atoms with E-state index >= 15 is 0 Å². The molecule has 0 radical (unpaired) electrons. The molecule has 2 nitrogen and oxygen atoms in total. The molecule has 0 saturated carbocycles. The first-order valence-corrected chi connectivity index (χ1v) is 6.26. The number of aryl methyl sites for hydroxylation is 2. The molecule has 19 heavy (non-hydrogen) atoms. The van der Waals surface area contributed by atoms with Crippen LogP contribution in [0.15, 0.2) is 36.4 Å². The van der Waals surface area contributed by atoms with Gasteiger partial charge in [-0.3, -0.25) is 0 Å². The van der Waals surface area contributed by atoms with Crippen LogP contribution in [0, 0.1) is 17.1 Å². The third-order valence-electron chi connectivity index (χ3n) is 3.71. The Labute approximate surface area is 111 Å². The van der Waals surface area contributed by atoms with E-state index in [2.05, 4.69) is 6.07 Å². The summed E-state index contributed by atoms with van der Waals surface area (Å²) in [6.45, 7) is 0. The summed E-state index contributed by atoms with van der Waals surface area (Å²) in [6, 6.07) is 12.2. The fourth-order valence-electron chi connectivity index (χ4n) is 2.72. The fraction of sp³-hybridized carbons (Fsp3) is 0.188. The predicted molar refractivity (Wildman–Crippen MR) is 71.0 cm³/mol. The summed E-state index contributed by atoms with van der Waals surface area (Å²) in [7, 11) is 0. The molecular weight excluding hydrogens is 239 g/mol. The molecule has 2 aromatic carbocycles. The molecular formula is C16H13FN2. The number of nitrogens with zero attached hydrogens (tertiary/aromatic N) is 1. The second-order valence-corrected chi connectivity index (χ2v) is 4.85. The van der Waals surface area contributed by atoms with Crippen LogP contribution < -0.4 is 5.73 Å². The van der Waals surface area contributed by atoms with Crippen molar-refractivity contribution in [2.24, 2.45) is 5.73 Å². The largest absolute Gasteiger partial charge is 0.320 e. The number of fused-ring (bicyclic) bond motifs is 2. The van der Waals surface area contributed by atoms with E-state index in [1.807, 2.05) is 18.2 Å². The lowest BCUT2D eigenvalue weighted by atomic mass is 9.94. The lowest BCUT2D eigenvalue weighted by Crippen LogP contribution is -2.14. The number of hydrogen-bond acceptors (Lipinski definition) is 2. The van der Waals surface area contributed by atoms with Crippen molar-refractivity contribution in [3.8, 4) is 6.07 Å². The molecule has 0 aliphatic heterocycles. The van der Waals surface area contributed by atoms with E-state index in [9.17, 15) is 4.39 Å². The van der Waals surface area contributed by atoms with Crippen LogP contribution in [0.25, 0.3) is 0 Å². The van der Waals surface area contributed by atoms with Gasteiger partial charge in [-0.15, -0.1) is 0 Å². The van der Waals surface area contributed by atoms with Gasteiger partial charge in [-0.2, -0.15) is 5.26 Å². The lowest BCUT2D eigenvalue weighted by molar-refractivity contribution is 0.622. The van der Waals surface area contributed by atoms with Crippen LogP contribution in [0.2, 0.25) is 0 Å². The minimum atomic E-state index is -0.323. The molecule has 0 amide bonds. The van der Waals surface area contributed by atoms with Gasteiger partial charge in [0.15, 0.2) is 0 Å². The highest BCUT2D eigenvalue weighted by Gasteiger charge is 2.21. The average Bonchev–Trinajstić information content (AvgIpc) is 2.57. The normalized spacial score (nSPS) is 17.0. The molecule has 0 spiro atoms. The molecule has 3 heteroatoms. The van der Waals surface area contributed by atoms with Crippen molar-refractivity contribution in [3.63, 3.8) is 0 Å². The maximum absolute atomic E-state index is 13.4. The topological polar surface area (TPSA) is 49.8 Å². The second-order valence-electron chi connectivity index (χ2n) is 4.85.